The number of rotatable bonds is 1. The fraction of sp³-hybridized carbons (Fsp3) is 0. The van der Waals surface area contributed by atoms with E-state index in [1.54, 1.807) is 36.4 Å². The number of benzene rings is 2. The summed E-state index contributed by atoms with van der Waals surface area (Å²) in [6.07, 6.45) is 0. The van der Waals surface area contributed by atoms with Crippen LogP contribution in [0, 0.1) is 5.82 Å². The Bertz CT molecular complexity index is 691. The van der Waals surface area contributed by atoms with Gasteiger partial charge in [-0.25, -0.2) is 4.39 Å². The van der Waals surface area contributed by atoms with Crippen molar-refractivity contribution in [1.29, 1.82) is 0 Å². The molecule has 0 radical (unpaired) electrons. The van der Waals surface area contributed by atoms with E-state index in [4.69, 9.17) is 0 Å². The first-order valence-electron chi connectivity index (χ1n) is 5.18. The fourth-order valence-corrected chi connectivity index (χ4v) is 1.89. The van der Waals surface area contributed by atoms with E-state index < -0.39 is 0 Å². The summed E-state index contributed by atoms with van der Waals surface area (Å²) >= 11 is 0. The van der Waals surface area contributed by atoms with Crippen LogP contribution in [-0.2, 0) is 0 Å². The third-order valence-corrected chi connectivity index (χ3v) is 2.71. The summed E-state index contributed by atoms with van der Waals surface area (Å²) in [4.78, 5) is 0. The van der Waals surface area contributed by atoms with Gasteiger partial charge in [0.15, 0.2) is 0 Å². The number of aromatic nitrogens is 2. The minimum atomic E-state index is -0.329. The molecule has 0 fully saturated rings. The van der Waals surface area contributed by atoms with Crippen LogP contribution in [-0.4, -0.2) is 15.3 Å². The highest BCUT2D eigenvalue weighted by Gasteiger charge is 2.13. The molecule has 17 heavy (non-hydrogen) atoms. The summed E-state index contributed by atoms with van der Waals surface area (Å²) in [6, 6.07) is 11.5. The Kier molecular flexibility index (Phi) is 2.08. The van der Waals surface area contributed by atoms with Crippen LogP contribution in [0.2, 0.25) is 0 Å². The molecular formula is C13H9FN2O. The number of hydrogen-bond donors (Lipinski definition) is 2. The highest BCUT2D eigenvalue weighted by molar-refractivity contribution is 5.95. The first kappa shape index (κ1) is 9.84. The normalized spacial score (nSPS) is 10.9. The highest BCUT2D eigenvalue weighted by Crippen LogP contribution is 2.31. The predicted molar refractivity (Wildman–Crippen MR) is 63.2 cm³/mol. The molecule has 84 valence electrons. The van der Waals surface area contributed by atoms with Crippen LogP contribution in [0.1, 0.15) is 0 Å². The third kappa shape index (κ3) is 1.45. The number of aromatic hydroxyl groups is 1. The first-order chi connectivity index (χ1) is 8.27. The lowest BCUT2D eigenvalue weighted by Gasteiger charge is -1.99. The molecule has 0 saturated heterocycles. The Morgan fingerprint density at radius 2 is 1.88 bits per heavy atom. The zero-order valence-electron chi connectivity index (χ0n) is 8.81. The lowest BCUT2D eigenvalue weighted by atomic mass is 10.1. The van der Waals surface area contributed by atoms with Crippen LogP contribution in [0.3, 0.4) is 0 Å². The molecule has 0 unspecified atom stereocenters. The van der Waals surface area contributed by atoms with E-state index in [1.165, 1.54) is 6.07 Å². The molecule has 4 heteroatoms. The predicted octanol–water partition coefficient (Wildman–Crippen LogP) is 3.07. The van der Waals surface area contributed by atoms with Crippen LogP contribution < -0.4 is 0 Å². The average Bonchev–Trinajstić information content (AvgIpc) is 2.75. The first-order valence-corrected chi connectivity index (χ1v) is 5.18. The Hall–Kier alpha value is -2.36. The van der Waals surface area contributed by atoms with Gasteiger partial charge in [-0.3, -0.25) is 5.10 Å². The summed E-state index contributed by atoms with van der Waals surface area (Å²) in [5.74, 6) is -0.221. The van der Waals surface area contributed by atoms with Crippen molar-refractivity contribution in [2.45, 2.75) is 0 Å². The number of nitrogens with one attached hydrogen (secondary N) is 1. The molecule has 0 aliphatic carbocycles. The van der Waals surface area contributed by atoms with Gasteiger partial charge in [0.2, 0.25) is 0 Å². The van der Waals surface area contributed by atoms with Crippen LogP contribution >= 0.6 is 0 Å². The number of halogens is 1. The van der Waals surface area contributed by atoms with Crippen LogP contribution in [0.4, 0.5) is 4.39 Å². The molecule has 1 heterocycles. The topological polar surface area (TPSA) is 48.9 Å². The van der Waals surface area contributed by atoms with Gasteiger partial charge in [-0.2, -0.15) is 5.10 Å². The average molecular weight is 228 g/mol. The van der Waals surface area contributed by atoms with Crippen molar-refractivity contribution in [3.05, 3.63) is 48.3 Å². The quantitative estimate of drug-likeness (QED) is 0.672. The summed E-state index contributed by atoms with van der Waals surface area (Å²) in [6.45, 7) is 0. The van der Waals surface area contributed by atoms with Gasteiger partial charge >= 0.3 is 0 Å². The number of para-hydroxylation sites is 1. The van der Waals surface area contributed by atoms with E-state index in [0.717, 1.165) is 0 Å². The van der Waals surface area contributed by atoms with Gasteiger partial charge in [-0.15, -0.1) is 0 Å². The number of phenols is 1. The van der Waals surface area contributed by atoms with Crippen molar-refractivity contribution in [1.82, 2.24) is 10.2 Å². The number of phenolic OH excluding ortho intramolecular Hbond substituents is 1. The number of fused-ring (bicyclic) bond motifs is 1. The van der Waals surface area contributed by atoms with Crippen molar-refractivity contribution in [2.75, 3.05) is 0 Å². The molecule has 3 rings (SSSR count). The Labute approximate surface area is 96.5 Å². The molecule has 2 aromatic carbocycles. The zero-order chi connectivity index (χ0) is 11.8. The zero-order valence-corrected chi connectivity index (χ0v) is 8.81. The molecule has 0 bridgehead atoms. The summed E-state index contributed by atoms with van der Waals surface area (Å²) in [5.41, 5.74) is 1.45. The molecule has 0 aliphatic heterocycles. The van der Waals surface area contributed by atoms with Crippen molar-refractivity contribution in [3.8, 4) is 17.0 Å². The number of H-pyrrole nitrogens is 1. The van der Waals surface area contributed by atoms with Crippen molar-refractivity contribution < 1.29 is 9.50 Å². The molecule has 0 amide bonds. The monoisotopic (exact) mass is 228 g/mol. The summed E-state index contributed by atoms with van der Waals surface area (Å²) in [7, 11) is 0. The van der Waals surface area contributed by atoms with Crippen LogP contribution in [0.5, 0.6) is 5.75 Å². The van der Waals surface area contributed by atoms with E-state index in [-0.39, 0.29) is 11.6 Å². The molecule has 3 nitrogen and oxygen atoms in total. The Balaban J connectivity index is 2.33. The van der Waals surface area contributed by atoms with E-state index in [9.17, 15) is 9.50 Å². The molecule has 3 aromatic rings. The third-order valence-electron chi connectivity index (χ3n) is 2.71. The highest BCUT2D eigenvalue weighted by atomic mass is 19.1. The lowest BCUT2D eigenvalue weighted by Crippen LogP contribution is -1.84. The molecule has 0 atom stereocenters. The van der Waals surface area contributed by atoms with E-state index in [2.05, 4.69) is 10.2 Å². The maximum absolute atomic E-state index is 13.7. The van der Waals surface area contributed by atoms with Gasteiger partial charge in [0, 0.05) is 10.9 Å². The van der Waals surface area contributed by atoms with Crippen molar-refractivity contribution in [2.24, 2.45) is 0 Å². The Morgan fingerprint density at radius 3 is 2.71 bits per heavy atom. The summed E-state index contributed by atoms with van der Waals surface area (Å²) < 4.78 is 13.7. The fourth-order valence-electron chi connectivity index (χ4n) is 1.89. The number of hydrogen-bond acceptors (Lipinski definition) is 2. The molecule has 0 saturated carbocycles. The maximum atomic E-state index is 13.7. The molecule has 1 aromatic heterocycles. The van der Waals surface area contributed by atoms with Gasteiger partial charge < -0.3 is 5.11 Å². The van der Waals surface area contributed by atoms with Crippen LogP contribution in [0.25, 0.3) is 22.2 Å². The molecule has 2 N–H and O–H groups in total. The van der Waals surface area contributed by atoms with E-state index in [0.29, 0.717) is 22.2 Å². The second-order valence-corrected chi connectivity index (χ2v) is 3.75. The maximum Gasteiger partial charge on any atom is 0.141 e. The standard InChI is InChI=1S/C13H9FN2O/c14-10-6-2-1-4-8(10)12-9-5-3-7-11(17)13(9)16-15-12/h1-7,17H,(H,15,16). The van der Waals surface area contributed by atoms with E-state index >= 15 is 0 Å². The molecule has 0 aliphatic rings. The lowest BCUT2D eigenvalue weighted by molar-refractivity contribution is 0.480. The smallest absolute Gasteiger partial charge is 0.141 e. The Morgan fingerprint density at radius 1 is 1.06 bits per heavy atom. The molecular weight excluding hydrogens is 219 g/mol. The van der Waals surface area contributed by atoms with Gasteiger partial charge in [0.05, 0.1) is 0 Å². The minimum Gasteiger partial charge on any atom is -0.506 e. The largest absolute Gasteiger partial charge is 0.506 e. The van der Waals surface area contributed by atoms with Gasteiger partial charge in [-0.1, -0.05) is 24.3 Å². The number of nitrogens with zero attached hydrogens (tertiary/aromatic N) is 1. The minimum absolute atomic E-state index is 0.109. The second kappa shape index (κ2) is 3.59. The number of aromatic amines is 1. The van der Waals surface area contributed by atoms with Gasteiger partial charge in [-0.05, 0) is 18.2 Å². The van der Waals surface area contributed by atoms with Crippen molar-refractivity contribution in [3.63, 3.8) is 0 Å². The SMILES string of the molecule is Oc1cccc2c(-c3ccccc3F)n[nH]c12. The molecule has 0 spiro atoms. The summed E-state index contributed by atoms with van der Waals surface area (Å²) in [5, 5.41) is 17.1. The van der Waals surface area contributed by atoms with Crippen LogP contribution in [0.15, 0.2) is 42.5 Å². The van der Waals surface area contributed by atoms with Gasteiger partial charge in [0.1, 0.15) is 22.8 Å². The van der Waals surface area contributed by atoms with E-state index in [1.807, 2.05) is 0 Å². The van der Waals surface area contributed by atoms with Gasteiger partial charge in [0.25, 0.3) is 0 Å². The second-order valence-electron chi connectivity index (χ2n) is 3.75. The van der Waals surface area contributed by atoms with Crippen molar-refractivity contribution >= 4 is 10.9 Å².